The fourth-order valence-electron chi connectivity index (χ4n) is 0.673. The van der Waals surface area contributed by atoms with E-state index in [-0.39, 0.29) is 17.3 Å². The van der Waals surface area contributed by atoms with Crippen molar-refractivity contribution in [2.24, 2.45) is 0 Å². The van der Waals surface area contributed by atoms with Gasteiger partial charge < -0.3 is 9.59 Å². The van der Waals surface area contributed by atoms with Gasteiger partial charge in [-0.3, -0.25) is 4.79 Å². The molecule has 0 aliphatic carbocycles. The molecule has 0 aromatic heterocycles. The third-order valence-corrected chi connectivity index (χ3v) is 1.68. The van der Waals surface area contributed by atoms with E-state index in [0.717, 1.165) is 5.56 Å². The van der Waals surface area contributed by atoms with Gasteiger partial charge in [0, 0.05) is 12.0 Å². The molecule has 3 nitrogen and oxygen atoms in total. The highest BCUT2D eigenvalue weighted by Crippen LogP contribution is 1.97. The SMILES string of the molecule is CC(=O)c1ccccc1.CC(C)=O.CCC(C)=O. The molecule has 3 heteroatoms. The van der Waals surface area contributed by atoms with Crippen LogP contribution in [0.5, 0.6) is 0 Å². The first kappa shape index (κ1) is 18.6. The summed E-state index contributed by atoms with van der Waals surface area (Å²) in [7, 11) is 0. The summed E-state index contributed by atoms with van der Waals surface area (Å²) in [6.07, 6.45) is 0.667. The van der Waals surface area contributed by atoms with E-state index < -0.39 is 0 Å². The lowest BCUT2D eigenvalue weighted by molar-refractivity contribution is -0.117. The van der Waals surface area contributed by atoms with Crippen LogP contribution in [0.1, 0.15) is 51.4 Å². The lowest BCUT2D eigenvalue weighted by atomic mass is 10.2. The van der Waals surface area contributed by atoms with Crippen LogP contribution in [0.4, 0.5) is 0 Å². The first-order valence-electron chi connectivity index (χ1n) is 5.83. The summed E-state index contributed by atoms with van der Waals surface area (Å²) in [4.78, 5) is 29.9. The number of carbonyl (C=O) groups is 3. The molecule has 0 unspecified atom stereocenters. The zero-order valence-corrected chi connectivity index (χ0v) is 11.8. The average Bonchev–Trinajstić information content (AvgIpc) is 2.30. The molecule has 0 aliphatic heterocycles. The summed E-state index contributed by atoms with van der Waals surface area (Å²) in [5, 5.41) is 0. The third kappa shape index (κ3) is 16.7. The van der Waals surface area contributed by atoms with Crippen LogP contribution in [0, 0.1) is 0 Å². The molecule has 0 amide bonds. The zero-order valence-electron chi connectivity index (χ0n) is 11.8. The molecule has 1 aromatic rings. The molecule has 0 fully saturated rings. The first-order chi connectivity index (χ1) is 8.31. The number of benzene rings is 1. The summed E-state index contributed by atoms with van der Waals surface area (Å²) in [5.41, 5.74) is 0.775. The predicted molar refractivity (Wildman–Crippen MR) is 73.8 cm³/mol. The van der Waals surface area contributed by atoms with Crippen LogP contribution < -0.4 is 0 Å². The van der Waals surface area contributed by atoms with Gasteiger partial charge in [0.2, 0.25) is 0 Å². The topological polar surface area (TPSA) is 51.2 Å². The van der Waals surface area contributed by atoms with Crippen LogP contribution in [-0.2, 0) is 9.59 Å². The zero-order chi connectivity index (χ0) is 14.6. The largest absolute Gasteiger partial charge is 0.300 e. The van der Waals surface area contributed by atoms with Crippen molar-refractivity contribution in [3.8, 4) is 0 Å². The number of carbonyl (C=O) groups excluding carboxylic acids is 3. The maximum absolute atomic E-state index is 10.6. The van der Waals surface area contributed by atoms with Gasteiger partial charge in [0.05, 0.1) is 0 Å². The predicted octanol–water partition coefficient (Wildman–Crippen LogP) is 3.47. The van der Waals surface area contributed by atoms with Crippen molar-refractivity contribution in [3.05, 3.63) is 35.9 Å². The van der Waals surface area contributed by atoms with Gasteiger partial charge in [0.15, 0.2) is 5.78 Å². The second-order valence-electron chi connectivity index (χ2n) is 3.89. The van der Waals surface area contributed by atoms with Crippen LogP contribution in [0.2, 0.25) is 0 Å². The number of hydrogen-bond acceptors (Lipinski definition) is 3. The van der Waals surface area contributed by atoms with E-state index >= 15 is 0 Å². The molecule has 0 atom stereocenters. The van der Waals surface area contributed by atoms with Gasteiger partial charge in [0.25, 0.3) is 0 Å². The Hall–Kier alpha value is -1.77. The fourth-order valence-corrected chi connectivity index (χ4v) is 0.673. The van der Waals surface area contributed by atoms with Crippen molar-refractivity contribution < 1.29 is 14.4 Å². The second-order valence-corrected chi connectivity index (χ2v) is 3.89. The summed E-state index contributed by atoms with van der Waals surface area (Å²) < 4.78 is 0. The van der Waals surface area contributed by atoms with E-state index in [4.69, 9.17) is 0 Å². The van der Waals surface area contributed by atoms with Gasteiger partial charge >= 0.3 is 0 Å². The Bertz CT molecular complexity index is 363. The molecule has 0 saturated carbocycles. The van der Waals surface area contributed by atoms with Crippen molar-refractivity contribution in [2.75, 3.05) is 0 Å². The van der Waals surface area contributed by atoms with Crippen LogP contribution in [0.25, 0.3) is 0 Å². The van der Waals surface area contributed by atoms with Crippen LogP contribution in [0.15, 0.2) is 30.3 Å². The molecular formula is C15H22O3. The standard InChI is InChI=1S/C8H8O.C4H8O.C3H6O/c1-7(9)8-5-3-2-4-6-8;1-3-4(2)5;1-3(2)4/h2-6H,1H3;3H2,1-2H3;1-2H3. The third-order valence-electron chi connectivity index (χ3n) is 1.68. The smallest absolute Gasteiger partial charge is 0.159 e. The highest BCUT2D eigenvalue weighted by Gasteiger charge is 1.92. The van der Waals surface area contributed by atoms with Gasteiger partial charge in [-0.1, -0.05) is 37.3 Å². The monoisotopic (exact) mass is 250 g/mol. The van der Waals surface area contributed by atoms with Gasteiger partial charge in [0.1, 0.15) is 11.6 Å². The molecule has 100 valence electrons. The van der Waals surface area contributed by atoms with E-state index in [9.17, 15) is 14.4 Å². The van der Waals surface area contributed by atoms with Crippen LogP contribution in [-0.4, -0.2) is 17.3 Å². The molecule has 0 radical (unpaired) electrons. The Balaban J connectivity index is 0. The molecule has 0 spiro atoms. The summed E-state index contributed by atoms with van der Waals surface area (Å²) in [5.74, 6) is 0.542. The minimum Gasteiger partial charge on any atom is -0.300 e. The normalized spacial score (nSPS) is 8.06. The summed E-state index contributed by atoms with van der Waals surface area (Å²) in [6, 6.07) is 9.23. The summed E-state index contributed by atoms with van der Waals surface area (Å²) >= 11 is 0. The van der Waals surface area contributed by atoms with E-state index in [1.54, 1.807) is 13.8 Å². The molecule has 0 bridgehead atoms. The van der Waals surface area contributed by atoms with E-state index in [1.165, 1.54) is 13.8 Å². The van der Waals surface area contributed by atoms with E-state index in [0.29, 0.717) is 6.42 Å². The van der Waals surface area contributed by atoms with Crippen molar-refractivity contribution in [1.29, 1.82) is 0 Å². The Labute approximate surface area is 109 Å². The molecule has 0 saturated heterocycles. The maximum Gasteiger partial charge on any atom is 0.159 e. The molecule has 0 heterocycles. The van der Waals surface area contributed by atoms with Crippen molar-refractivity contribution in [3.63, 3.8) is 0 Å². The Morgan fingerprint density at radius 2 is 1.22 bits per heavy atom. The van der Waals surface area contributed by atoms with E-state index in [1.807, 2.05) is 37.3 Å². The van der Waals surface area contributed by atoms with Crippen molar-refractivity contribution in [1.82, 2.24) is 0 Å². The summed E-state index contributed by atoms with van der Waals surface area (Å²) in [6.45, 7) is 8.05. The molecule has 0 N–H and O–H groups in total. The molecule has 1 rings (SSSR count). The minimum atomic E-state index is 0.121. The number of hydrogen-bond donors (Lipinski definition) is 0. The Kier molecular flexibility index (Phi) is 12.1. The van der Waals surface area contributed by atoms with Crippen LogP contribution in [0.3, 0.4) is 0 Å². The number of Topliss-reactive ketones (excluding diaryl/α,β-unsaturated/α-hetero) is 3. The first-order valence-corrected chi connectivity index (χ1v) is 5.83. The van der Waals surface area contributed by atoms with Gasteiger partial charge in [-0.25, -0.2) is 0 Å². The number of rotatable bonds is 2. The van der Waals surface area contributed by atoms with Crippen molar-refractivity contribution in [2.45, 2.75) is 41.0 Å². The average molecular weight is 250 g/mol. The molecule has 0 aliphatic rings. The number of ketones is 3. The highest BCUT2D eigenvalue weighted by atomic mass is 16.1. The molecule has 18 heavy (non-hydrogen) atoms. The van der Waals surface area contributed by atoms with E-state index in [2.05, 4.69) is 0 Å². The van der Waals surface area contributed by atoms with Crippen molar-refractivity contribution >= 4 is 17.3 Å². The highest BCUT2D eigenvalue weighted by molar-refractivity contribution is 5.93. The maximum atomic E-state index is 10.6. The van der Waals surface area contributed by atoms with Gasteiger partial charge in [-0.15, -0.1) is 0 Å². The minimum absolute atomic E-state index is 0.121. The lowest BCUT2D eigenvalue weighted by Gasteiger charge is -1.89. The fraction of sp³-hybridized carbons (Fsp3) is 0.400. The van der Waals surface area contributed by atoms with Crippen LogP contribution >= 0.6 is 0 Å². The molecule has 1 aromatic carbocycles. The Morgan fingerprint density at radius 3 is 1.39 bits per heavy atom. The lowest BCUT2D eigenvalue weighted by Crippen LogP contribution is -1.88. The van der Waals surface area contributed by atoms with Gasteiger partial charge in [-0.05, 0) is 27.7 Å². The quantitative estimate of drug-likeness (QED) is 0.755. The Morgan fingerprint density at radius 1 is 0.889 bits per heavy atom. The second kappa shape index (κ2) is 11.7. The van der Waals surface area contributed by atoms with Gasteiger partial charge in [-0.2, -0.15) is 0 Å². The molecular weight excluding hydrogens is 228 g/mol.